The molecule has 0 aliphatic rings. The summed E-state index contributed by atoms with van der Waals surface area (Å²) in [4.78, 5) is 0. The average Bonchev–Trinajstić information content (AvgIpc) is 1.82. The molecule has 0 amide bonds. The molecule has 0 aliphatic heterocycles. The van der Waals surface area contributed by atoms with E-state index in [1.54, 1.807) is 11.4 Å². The van der Waals surface area contributed by atoms with Crippen molar-refractivity contribution in [1.29, 1.82) is 0 Å². The highest BCUT2D eigenvalue weighted by Gasteiger charge is 1.95. The number of allylic oxidation sites excluding steroid dienone is 2. The van der Waals surface area contributed by atoms with Gasteiger partial charge in [0.25, 0.3) is 0 Å². The van der Waals surface area contributed by atoms with Crippen LogP contribution in [0.4, 0.5) is 0 Å². The van der Waals surface area contributed by atoms with Crippen molar-refractivity contribution in [3.05, 3.63) is 24.3 Å². The van der Waals surface area contributed by atoms with Crippen molar-refractivity contribution < 1.29 is 0 Å². The number of hydrogen-bond donors (Lipinski definition) is 1. The Hall–Kier alpha value is -0.470. The van der Waals surface area contributed by atoms with Gasteiger partial charge in [0.15, 0.2) is 0 Å². The van der Waals surface area contributed by atoms with Crippen LogP contribution in [0.3, 0.4) is 0 Å². The molecule has 0 heterocycles. The number of nitrogens with two attached hydrogens (primary N) is 1. The van der Waals surface area contributed by atoms with Gasteiger partial charge in [-0.1, -0.05) is 30.9 Å². The lowest BCUT2D eigenvalue weighted by Gasteiger charge is -2.01. The smallest absolute Gasteiger partial charge is 0.0274 e. The molecule has 0 aliphatic carbocycles. The second-order valence-electron chi connectivity index (χ2n) is 1.81. The van der Waals surface area contributed by atoms with Gasteiger partial charge in [-0.3, -0.25) is 0 Å². The van der Waals surface area contributed by atoms with Gasteiger partial charge >= 0.3 is 0 Å². The molecule has 0 fully saturated rings. The predicted octanol–water partition coefficient (Wildman–Crippen LogP) is 1.45. The molecular formula is C7H11NS. The van der Waals surface area contributed by atoms with E-state index in [9.17, 15) is 0 Å². The Morgan fingerprint density at radius 1 is 1.78 bits per heavy atom. The lowest BCUT2D eigenvalue weighted by atomic mass is 10.1. The summed E-state index contributed by atoms with van der Waals surface area (Å²) in [5.41, 5.74) is 6.46. The van der Waals surface area contributed by atoms with E-state index in [0.717, 1.165) is 5.57 Å². The Morgan fingerprint density at radius 3 is 2.44 bits per heavy atom. The third kappa shape index (κ3) is 3.16. The molecule has 1 atom stereocenters. The predicted molar refractivity (Wildman–Crippen MR) is 45.6 cm³/mol. The fourth-order valence-electron chi connectivity index (χ4n) is 0.434. The van der Waals surface area contributed by atoms with Crippen molar-refractivity contribution in [2.24, 2.45) is 5.73 Å². The van der Waals surface area contributed by atoms with E-state index in [1.165, 1.54) is 0 Å². The quantitative estimate of drug-likeness (QED) is 0.366. The topological polar surface area (TPSA) is 26.0 Å². The van der Waals surface area contributed by atoms with Crippen LogP contribution in [0.25, 0.3) is 0 Å². The third-order valence-corrected chi connectivity index (χ3v) is 1.24. The van der Waals surface area contributed by atoms with Crippen LogP contribution in [0.15, 0.2) is 24.3 Å². The minimum atomic E-state index is 0.0144. The van der Waals surface area contributed by atoms with Crippen molar-refractivity contribution >= 4 is 17.6 Å². The molecule has 0 aromatic heterocycles. The normalized spacial score (nSPS) is 14.7. The standard InChI is InChI=1S/C7H11NS/c1-3-4-7(5-9)6(2)8/h3-6H,1,8H2,2H3/b7-4+. The molecule has 50 valence electrons. The molecule has 0 bridgehead atoms. The van der Waals surface area contributed by atoms with E-state index in [-0.39, 0.29) is 6.04 Å². The largest absolute Gasteiger partial charge is 0.324 e. The molecule has 1 nitrogen and oxygen atoms in total. The molecule has 0 saturated carbocycles. The molecule has 9 heavy (non-hydrogen) atoms. The van der Waals surface area contributed by atoms with E-state index in [2.05, 4.69) is 6.58 Å². The summed E-state index contributed by atoms with van der Waals surface area (Å²) in [5, 5.41) is 1.58. The van der Waals surface area contributed by atoms with Crippen molar-refractivity contribution in [3.8, 4) is 0 Å². The van der Waals surface area contributed by atoms with Gasteiger partial charge in [-0.25, -0.2) is 0 Å². The summed E-state index contributed by atoms with van der Waals surface area (Å²) in [6.07, 6.45) is 3.50. The Balaban J connectivity index is 4.13. The Bertz CT molecular complexity index is 136. The van der Waals surface area contributed by atoms with Crippen LogP contribution in [0.1, 0.15) is 6.92 Å². The van der Waals surface area contributed by atoms with E-state index < -0.39 is 0 Å². The van der Waals surface area contributed by atoms with Crippen molar-refractivity contribution in [2.45, 2.75) is 13.0 Å². The summed E-state index contributed by atoms with van der Waals surface area (Å²) in [6, 6.07) is 0.0144. The van der Waals surface area contributed by atoms with Crippen molar-refractivity contribution in [2.75, 3.05) is 0 Å². The maximum absolute atomic E-state index is 5.52. The van der Waals surface area contributed by atoms with E-state index >= 15 is 0 Å². The molecule has 0 aromatic carbocycles. The summed E-state index contributed by atoms with van der Waals surface area (Å²) in [7, 11) is 0. The van der Waals surface area contributed by atoms with E-state index in [1.807, 2.05) is 13.0 Å². The summed E-state index contributed by atoms with van der Waals surface area (Å²) in [5.74, 6) is 0. The highest BCUT2D eigenvalue weighted by Crippen LogP contribution is 1.95. The van der Waals surface area contributed by atoms with Gasteiger partial charge in [0.2, 0.25) is 0 Å². The summed E-state index contributed by atoms with van der Waals surface area (Å²) < 4.78 is 0. The molecule has 0 aromatic rings. The highest BCUT2D eigenvalue weighted by atomic mass is 32.1. The molecule has 0 spiro atoms. The SMILES string of the molecule is C=C/C=C(\C=S)C(C)N. The lowest BCUT2D eigenvalue weighted by Crippen LogP contribution is -2.17. The first-order valence-corrected chi connectivity index (χ1v) is 3.23. The zero-order valence-corrected chi connectivity index (χ0v) is 6.32. The zero-order chi connectivity index (χ0) is 7.28. The van der Waals surface area contributed by atoms with Crippen LogP contribution in [-0.2, 0) is 0 Å². The summed E-state index contributed by atoms with van der Waals surface area (Å²) in [6.45, 7) is 5.42. The maximum Gasteiger partial charge on any atom is 0.0274 e. The fourth-order valence-corrected chi connectivity index (χ4v) is 0.728. The van der Waals surface area contributed by atoms with E-state index in [4.69, 9.17) is 18.0 Å². The van der Waals surface area contributed by atoms with Crippen molar-refractivity contribution in [3.63, 3.8) is 0 Å². The molecule has 0 radical (unpaired) electrons. The first-order chi connectivity index (χ1) is 4.22. The van der Waals surface area contributed by atoms with Gasteiger partial charge < -0.3 is 5.73 Å². The van der Waals surface area contributed by atoms with Crippen LogP contribution in [0.2, 0.25) is 0 Å². The zero-order valence-electron chi connectivity index (χ0n) is 5.50. The Labute approximate surface area is 61.2 Å². The van der Waals surface area contributed by atoms with Crippen LogP contribution >= 0.6 is 12.2 Å². The monoisotopic (exact) mass is 141 g/mol. The highest BCUT2D eigenvalue weighted by molar-refractivity contribution is 7.79. The van der Waals surface area contributed by atoms with Crippen LogP contribution in [0.5, 0.6) is 0 Å². The van der Waals surface area contributed by atoms with E-state index in [0.29, 0.717) is 0 Å². The van der Waals surface area contributed by atoms with Crippen LogP contribution < -0.4 is 5.73 Å². The molecule has 1 unspecified atom stereocenters. The fraction of sp³-hybridized carbons (Fsp3) is 0.286. The number of rotatable bonds is 3. The van der Waals surface area contributed by atoms with Crippen molar-refractivity contribution in [1.82, 2.24) is 0 Å². The lowest BCUT2D eigenvalue weighted by molar-refractivity contribution is 0.903. The minimum Gasteiger partial charge on any atom is -0.324 e. The van der Waals surface area contributed by atoms with Gasteiger partial charge in [0.05, 0.1) is 0 Å². The average molecular weight is 141 g/mol. The van der Waals surface area contributed by atoms with Gasteiger partial charge in [0, 0.05) is 11.4 Å². The number of thiocarbonyl (C=S) groups is 1. The molecular weight excluding hydrogens is 130 g/mol. The van der Waals surface area contributed by atoms with Gasteiger partial charge in [-0.05, 0) is 12.5 Å². The Morgan fingerprint density at radius 2 is 2.33 bits per heavy atom. The Kier molecular flexibility index (Phi) is 4.18. The van der Waals surface area contributed by atoms with Crippen LogP contribution in [-0.4, -0.2) is 11.4 Å². The summed E-state index contributed by atoms with van der Waals surface area (Å²) >= 11 is 4.69. The molecule has 2 heteroatoms. The minimum absolute atomic E-state index is 0.0144. The third-order valence-electron chi connectivity index (χ3n) is 0.972. The first kappa shape index (κ1) is 8.53. The maximum atomic E-state index is 5.52. The van der Waals surface area contributed by atoms with Crippen LogP contribution in [0, 0.1) is 0 Å². The second-order valence-corrected chi connectivity index (χ2v) is 2.04. The van der Waals surface area contributed by atoms with Gasteiger partial charge in [0.1, 0.15) is 0 Å². The molecule has 2 N–H and O–H groups in total. The molecule has 0 saturated heterocycles. The number of hydrogen-bond acceptors (Lipinski definition) is 2. The molecule has 0 rings (SSSR count). The first-order valence-electron chi connectivity index (χ1n) is 2.75. The van der Waals surface area contributed by atoms with Gasteiger partial charge in [-0.2, -0.15) is 0 Å². The second kappa shape index (κ2) is 4.41. The van der Waals surface area contributed by atoms with Gasteiger partial charge in [-0.15, -0.1) is 0 Å².